The number of esters is 1. The van der Waals surface area contributed by atoms with Gasteiger partial charge in [-0.2, -0.15) is 0 Å². The number of carboxylic acids is 2. The molecule has 0 spiro atoms. The zero-order valence-electron chi connectivity index (χ0n) is 37.3. The molecule has 17 N–H and O–H groups in total. The Morgan fingerprint density at radius 3 is 1.52 bits per heavy atom. The Kier molecular flexibility index (Phi) is 20.0. The van der Waals surface area contributed by atoms with Crippen LogP contribution in [0.25, 0.3) is 0 Å². The van der Waals surface area contributed by atoms with Gasteiger partial charge in [0.15, 0.2) is 18.7 Å². The number of nitrogens with one attached hydrogen (secondary N) is 3. The lowest BCUT2D eigenvalue weighted by atomic mass is 9.88. The number of aliphatic carboxylic acids is 2. The average Bonchev–Trinajstić information content (AvgIpc) is 3.27. The van der Waals surface area contributed by atoms with Crippen LogP contribution in [0.5, 0.6) is 0 Å². The van der Waals surface area contributed by atoms with Crippen molar-refractivity contribution in [3.05, 3.63) is 0 Å². The van der Waals surface area contributed by atoms with Crippen LogP contribution in [-0.4, -0.2) is 267 Å². The Balaban J connectivity index is 1.74. The minimum atomic E-state index is -3.22. The van der Waals surface area contributed by atoms with Gasteiger partial charge in [0.1, 0.15) is 79.3 Å². The topological polar surface area (TPSA) is 496 Å². The Morgan fingerprint density at radius 2 is 1.09 bits per heavy atom. The number of aliphatic hydroxyl groups excluding tert-OH is 12. The molecule has 31 nitrogen and oxygen atoms in total. The number of ether oxygens (including phenoxy) is 8. The van der Waals surface area contributed by atoms with Gasteiger partial charge in [-0.05, 0) is 0 Å². The van der Waals surface area contributed by atoms with E-state index >= 15 is 0 Å². The highest BCUT2D eigenvalue weighted by Gasteiger charge is 2.61. The molecule has 0 saturated carbocycles. The standard InChI is InChI=1S/C38H61N3O28/c1-11(45)39-21-15(49)5-37(35(58)59,67-29(21)24(53)17(51)7-42)62-10-20-28(63-14(4)48)31(23(33(57)64-20)41-13(3)47)66-34-27(56)32(26(55)19(9-44)65-34)69-38(36(60)61)6-16(50)22(40-12(2)46)30(68-38)25(54)18(52)8-43/h15-34,42-44,49-57H,5-10H2,1-4H3,(H,39,45)(H,40,46)(H,41,47)(H,58,59)(H,60,61)/t15-,16-,17+,18+,19+,20+,21+,22+,23+,24+,25+,26-,27+,28+,29+,30+,31+,32-,33-,34-,37+,38-/m0/s1. The van der Waals surface area contributed by atoms with E-state index < -0.39 is 209 Å². The van der Waals surface area contributed by atoms with E-state index in [-0.39, 0.29) is 0 Å². The van der Waals surface area contributed by atoms with Crippen LogP contribution in [0.15, 0.2) is 0 Å². The number of rotatable bonds is 20. The molecule has 3 amide bonds. The second-order valence-electron chi connectivity index (χ2n) is 16.8. The highest BCUT2D eigenvalue weighted by Crippen LogP contribution is 2.40. The molecule has 4 heterocycles. The van der Waals surface area contributed by atoms with Crippen LogP contribution in [-0.2, 0) is 66.7 Å². The predicted octanol–water partition coefficient (Wildman–Crippen LogP) is -10.3. The fourth-order valence-electron chi connectivity index (χ4n) is 8.36. The van der Waals surface area contributed by atoms with Crippen molar-refractivity contribution in [3.8, 4) is 0 Å². The number of aliphatic hydroxyl groups is 12. The summed E-state index contributed by atoms with van der Waals surface area (Å²) in [7, 11) is 0. The number of carbonyl (C=O) groups excluding carboxylic acids is 4. The van der Waals surface area contributed by atoms with E-state index in [1.54, 1.807) is 0 Å². The van der Waals surface area contributed by atoms with E-state index in [1.165, 1.54) is 0 Å². The Bertz CT molecular complexity index is 1800. The maximum absolute atomic E-state index is 13.0. The van der Waals surface area contributed by atoms with Crippen LogP contribution >= 0.6 is 0 Å². The van der Waals surface area contributed by atoms with Crippen LogP contribution in [0.1, 0.15) is 40.5 Å². The van der Waals surface area contributed by atoms with Gasteiger partial charge in [-0.3, -0.25) is 19.2 Å². The first-order valence-electron chi connectivity index (χ1n) is 21.2. The molecule has 4 rings (SSSR count). The summed E-state index contributed by atoms with van der Waals surface area (Å²) in [5.74, 6) is -14.0. The molecule has 4 aliphatic rings. The Hall–Kier alpha value is -3.94. The smallest absolute Gasteiger partial charge is 0.364 e. The molecule has 0 aromatic heterocycles. The summed E-state index contributed by atoms with van der Waals surface area (Å²) in [5.41, 5.74) is 0. The fraction of sp³-hybridized carbons (Fsp3) is 0.842. The van der Waals surface area contributed by atoms with Crippen LogP contribution in [0.4, 0.5) is 0 Å². The van der Waals surface area contributed by atoms with Gasteiger partial charge >= 0.3 is 17.9 Å². The number of hydrogen-bond acceptors (Lipinski definition) is 26. The summed E-state index contributed by atoms with van der Waals surface area (Å²) in [4.78, 5) is 75.0. The van der Waals surface area contributed by atoms with Crippen molar-refractivity contribution in [2.45, 2.75) is 174 Å². The molecular weight excluding hydrogens is 946 g/mol. The van der Waals surface area contributed by atoms with E-state index in [2.05, 4.69) is 16.0 Å². The fourth-order valence-corrected chi connectivity index (χ4v) is 8.36. The van der Waals surface area contributed by atoms with E-state index in [9.17, 15) is 100 Å². The molecular formula is C38H61N3O28. The molecule has 0 unspecified atom stereocenters. The molecule has 69 heavy (non-hydrogen) atoms. The van der Waals surface area contributed by atoms with E-state index in [0.29, 0.717) is 0 Å². The maximum atomic E-state index is 13.0. The summed E-state index contributed by atoms with van der Waals surface area (Å²) in [5, 5.41) is 156. The normalized spacial score (nSPS) is 40.0. The highest BCUT2D eigenvalue weighted by molar-refractivity contribution is 5.77. The quantitative estimate of drug-likeness (QED) is 0.0504. The third kappa shape index (κ3) is 13.1. The highest BCUT2D eigenvalue weighted by atomic mass is 16.8. The molecule has 0 aromatic carbocycles. The van der Waals surface area contributed by atoms with Crippen molar-refractivity contribution in [2.75, 3.05) is 26.4 Å². The van der Waals surface area contributed by atoms with Crippen molar-refractivity contribution in [1.29, 1.82) is 0 Å². The first kappa shape index (κ1) is 57.6. The Labute approximate surface area is 390 Å². The molecule has 0 aliphatic carbocycles. The van der Waals surface area contributed by atoms with Crippen LogP contribution < -0.4 is 16.0 Å². The van der Waals surface area contributed by atoms with Gasteiger partial charge in [0, 0.05) is 40.5 Å². The van der Waals surface area contributed by atoms with Crippen molar-refractivity contribution in [3.63, 3.8) is 0 Å². The lowest BCUT2D eigenvalue weighted by molar-refractivity contribution is -0.382. The second kappa shape index (κ2) is 24.0. The predicted molar refractivity (Wildman–Crippen MR) is 213 cm³/mol. The molecule has 22 atom stereocenters. The summed E-state index contributed by atoms with van der Waals surface area (Å²) in [6, 6.07) is -5.14. The maximum Gasteiger partial charge on any atom is 0.364 e. The number of amides is 3. The molecule has 4 aliphatic heterocycles. The molecule has 0 radical (unpaired) electrons. The minimum absolute atomic E-state index is 0.803. The van der Waals surface area contributed by atoms with Crippen molar-refractivity contribution in [1.82, 2.24) is 16.0 Å². The van der Waals surface area contributed by atoms with Crippen LogP contribution in [0.2, 0.25) is 0 Å². The number of hydrogen-bond donors (Lipinski definition) is 17. The molecule has 31 heteroatoms. The van der Waals surface area contributed by atoms with E-state index in [0.717, 1.165) is 27.7 Å². The molecule has 4 saturated heterocycles. The molecule has 0 bridgehead atoms. The van der Waals surface area contributed by atoms with Crippen molar-refractivity contribution in [2.24, 2.45) is 0 Å². The second-order valence-corrected chi connectivity index (χ2v) is 16.8. The van der Waals surface area contributed by atoms with Crippen molar-refractivity contribution < 1.29 is 138 Å². The summed E-state index contributed by atoms with van der Waals surface area (Å²) < 4.78 is 45.2. The first-order valence-corrected chi connectivity index (χ1v) is 21.2. The van der Waals surface area contributed by atoms with Gasteiger partial charge in [-0.25, -0.2) is 9.59 Å². The monoisotopic (exact) mass is 1010 g/mol. The van der Waals surface area contributed by atoms with Crippen molar-refractivity contribution >= 4 is 35.6 Å². The lowest BCUT2D eigenvalue weighted by Gasteiger charge is -2.51. The number of carboxylic acid groups (broad SMARTS) is 2. The number of carbonyl (C=O) groups is 6. The van der Waals surface area contributed by atoms with Gasteiger partial charge in [0.2, 0.25) is 17.7 Å². The van der Waals surface area contributed by atoms with Crippen LogP contribution in [0.3, 0.4) is 0 Å². The molecule has 4 fully saturated rings. The van der Waals surface area contributed by atoms with Gasteiger partial charge in [-0.15, -0.1) is 0 Å². The summed E-state index contributed by atoms with van der Waals surface area (Å²) in [6.07, 6.45) is -38.2. The van der Waals surface area contributed by atoms with Gasteiger partial charge in [0.05, 0.1) is 50.7 Å². The third-order valence-corrected chi connectivity index (χ3v) is 11.6. The largest absolute Gasteiger partial charge is 0.477 e. The minimum Gasteiger partial charge on any atom is -0.477 e. The van der Waals surface area contributed by atoms with Gasteiger partial charge in [0.25, 0.3) is 11.6 Å². The van der Waals surface area contributed by atoms with E-state index in [4.69, 9.17) is 37.9 Å². The van der Waals surface area contributed by atoms with Crippen LogP contribution in [0, 0.1) is 0 Å². The van der Waals surface area contributed by atoms with E-state index in [1.807, 2.05) is 0 Å². The SMILES string of the molecule is CC(=O)N[C@@H]1[C@@H](O[C@@H]2O[C@H](CO)[C@H](O)[C@H](O[C@]3(C(=O)O)C[C@H](O)[C@@H](NC(C)=O)[C@H]([C@H](O)[C@H](O)CO)O3)[C@H]2O)[C@H](OC(C)=O)[C@@H](CO[C@]2(C(=O)O)C[C@H](O)[C@@H](NC(C)=O)[C@H]([C@H](O)[C@H](O)CO)O2)O[C@@H]1O. The van der Waals surface area contributed by atoms with Gasteiger partial charge < -0.3 is 125 Å². The summed E-state index contributed by atoms with van der Waals surface area (Å²) in [6.45, 7) is -0.759. The zero-order chi connectivity index (χ0) is 52.0. The first-order chi connectivity index (χ1) is 32.2. The molecule has 0 aromatic rings. The average molecular weight is 1010 g/mol. The zero-order valence-corrected chi connectivity index (χ0v) is 37.3. The van der Waals surface area contributed by atoms with Gasteiger partial charge in [-0.1, -0.05) is 0 Å². The summed E-state index contributed by atoms with van der Waals surface area (Å²) >= 11 is 0. The third-order valence-electron chi connectivity index (χ3n) is 11.6. The lowest BCUT2D eigenvalue weighted by Crippen LogP contribution is -2.71. The molecule has 396 valence electrons. The Morgan fingerprint density at radius 1 is 0.623 bits per heavy atom.